The Hall–Kier alpha value is -3.03. The molecule has 8 heteroatoms. The second-order valence-corrected chi connectivity index (χ2v) is 7.56. The van der Waals surface area contributed by atoms with Gasteiger partial charge in [0.2, 0.25) is 5.91 Å². The van der Waals surface area contributed by atoms with Crippen molar-refractivity contribution in [3.63, 3.8) is 0 Å². The number of rotatable bonds is 7. The Morgan fingerprint density at radius 3 is 2.69 bits per heavy atom. The average Bonchev–Trinajstić information content (AvgIpc) is 3.38. The average molecular weight is 425 g/mol. The number of furan rings is 1. The number of hydrogen-bond donors (Lipinski definition) is 1. The summed E-state index contributed by atoms with van der Waals surface area (Å²) in [4.78, 5) is 12.4. The molecule has 146 valence electrons. The molecule has 0 bridgehead atoms. The van der Waals surface area contributed by atoms with Crippen molar-refractivity contribution in [3.8, 4) is 11.4 Å². The minimum absolute atomic E-state index is 0.147. The van der Waals surface area contributed by atoms with E-state index in [4.69, 9.17) is 16.0 Å². The van der Waals surface area contributed by atoms with Gasteiger partial charge in [-0.05, 0) is 30.3 Å². The molecule has 1 N–H and O–H groups in total. The molecule has 0 aliphatic rings. The normalized spacial score (nSPS) is 10.8. The highest BCUT2D eigenvalue weighted by molar-refractivity contribution is 7.99. The second-order valence-electron chi connectivity index (χ2n) is 6.18. The Labute approximate surface area is 176 Å². The van der Waals surface area contributed by atoms with E-state index in [0.29, 0.717) is 22.4 Å². The molecule has 0 saturated heterocycles. The first kappa shape index (κ1) is 19.3. The first-order valence-corrected chi connectivity index (χ1v) is 10.2. The highest BCUT2D eigenvalue weighted by atomic mass is 35.5. The fourth-order valence-electron chi connectivity index (χ4n) is 2.79. The van der Waals surface area contributed by atoms with Gasteiger partial charge in [0.1, 0.15) is 5.76 Å². The Morgan fingerprint density at radius 2 is 1.93 bits per heavy atom. The van der Waals surface area contributed by atoms with Crippen LogP contribution in [0.2, 0.25) is 5.02 Å². The molecule has 0 fully saturated rings. The van der Waals surface area contributed by atoms with E-state index in [1.807, 2.05) is 47.0 Å². The lowest BCUT2D eigenvalue weighted by Crippen LogP contribution is -2.14. The molecule has 0 aliphatic heterocycles. The van der Waals surface area contributed by atoms with E-state index in [-0.39, 0.29) is 11.7 Å². The Bertz CT molecular complexity index is 1100. The first-order valence-electron chi connectivity index (χ1n) is 8.88. The maximum atomic E-state index is 12.4. The second kappa shape index (κ2) is 8.98. The van der Waals surface area contributed by atoms with Gasteiger partial charge in [-0.3, -0.25) is 9.36 Å². The van der Waals surface area contributed by atoms with Crippen LogP contribution >= 0.6 is 23.4 Å². The molecule has 2 aromatic heterocycles. The van der Waals surface area contributed by atoms with Gasteiger partial charge in [-0.1, -0.05) is 59.8 Å². The number of hydrogen-bond acceptors (Lipinski definition) is 5. The molecule has 2 aromatic carbocycles. The molecule has 4 aromatic rings. The lowest BCUT2D eigenvalue weighted by molar-refractivity contribution is -0.113. The molecule has 29 heavy (non-hydrogen) atoms. The fourth-order valence-corrected chi connectivity index (χ4v) is 3.72. The first-order chi connectivity index (χ1) is 14.2. The van der Waals surface area contributed by atoms with Crippen molar-refractivity contribution in [2.24, 2.45) is 0 Å². The van der Waals surface area contributed by atoms with Gasteiger partial charge in [0.25, 0.3) is 0 Å². The molecule has 1 amide bonds. The number of thioether (sulfide) groups is 1. The lowest BCUT2D eigenvalue weighted by atomic mass is 10.2. The predicted molar refractivity (Wildman–Crippen MR) is 114 cm³/mol. The molecule has 0 unspecified atom stereocenters. The summed E-state index contributed by atoms with van der Waals surface area (Å²) in [5.74, 6) is 1.55. The maximum Gasteiger partial charge on any atom is 0.234 e. The molecule has 0 aliphatic carbocycles. The van der Waals surface area contributed by atoms with Crippen molar-refractivity contribution in [1.82, 2.24) is 14.8 Å². The zero-order valence-corrected chi connectivity index (χ0v) is 16.9. The third-order valence-electron chi connectivity index (χ3n) is 4.08. The van der Waals surface area contributed by atoms with E-state index < -0.39 is 0 Å². The van der Waals surface area contributed by atoms with E-state index in [1.54, 1.807) is 30.5 Å². The largest absolute Gasteiger partial charge is 0.467 e. The van der Waals surface area contributed by atoms with Crippen LogP contribution in [0.15, 0.2) is 82.6 Å². The Kier molecular flexibility index (Phi) is 5.97. The van der Waals surface area contributed by atoms with Crippen molar-refractivity contribution >= 4 is 35.0 Å². The van der Waals surface area contributed by atoms with Crippen LogP contribution in [0.1, 0.15) is 5.76 Å². The van der Waals surface area contributed by atoms with Gasteiger partial charge in [0.05, 0.1) is 18.6 Å². The van der Waals surface area contributed by atoms with Gasteiger partial charge in [0, 0.05) is 16.3 Å². The third-order valence-corrected chi connectivity index (χ3v) is 5.29. The number of nitrogens with one attached hydrogen (secondary N) is 1. The van der Waals surface area contributed by atoms with Crippen molar-refractivity contribution in [3.05, 3.63) is 83.8 Å². The fraction of sp³-hybridized carbons (Fsp3) is 0.0952. The highest BCUT2D eigenvalue weighted by Crippen LogP contribution is 2.25. The summed E-state index contributed by atoms with van der Waals surface area (Å²) in [7, 11) is 0. The van der Waals surface area contributed by atoms with E-state index in [9.17, 15) is 4.79 Å². The van der Waals surface area contributed by atoms with Crippen LogP contribution in [0.25, 0.3) is 11.4 Å². The van der Waals surface area contributed by atoms with Crippen molar-refractivity contribution in [2.75, 3.05) is 11.1 Å². The zero-order valence-electron chi connectivity index (χ0n) is 15.3. The Morgan fingerprint density at radius 1 is 1.07 bits per heavy atom. The number of anilines is 1. The highest BCUT2D eigenvalue weighted by Gasteiger charge is 2.17. The van der Waals surface area contributed by atoms with E-state index in [0.717, 1.165) is 17.1 Å². The van der Waals surface area contributed by atoms with Crippen molar-refractivity contribution < 1.29 is 9.21 Å². The summed E-state index contributed by atoms with van der Waals surface area (Å²) in [5, 5.41) is 12.7. The van der Waals surface area contributed by atoms with E-state index >= 15 is 0 Å². The van der Waals surface area contributed by atoms with Gasteiger partial charge >= 0.3 is 0 Å². The summed E-state index contributed by atoms with van der Waals surface area (Å²) < 4.78 is 7.44. The molecule has 0 atom stereocenters. The van der Waals surface area contributed by atoms with Crippen LogP contribution in [-0.4, -0.2) is 26.4 Å². The zero-order chi connectivity index (χ0) is 20.1. The number of amides is 1. The molecule has 0 saturated carbocycles. The predicted octanol–water partition coefficient (Wildman–Crippen LogP) is 4.97. The van der Waals surface area contributed by atoms with E-state index in [2.05, 4.69) is 15.5 Å². The van der Waals surface area contributed by atoms with Crippen molar-refractivity contribution in [2.45, 2.75) is 11.7 Å². The topological polar surface area (TPSA) is 73.0 Å². The minimum atomic E-state index is -0.147. The van der Waals surface area contributed by atoms with Gasteiger partial charge in [-0.15, -0.1) is 10.2 Å². The number of carbonyl (C=O) groups excluding carboxylic acids is 1. The number of carbonyl (C=O) groups is 1. The number of aromatic nitrogens is 3. The van der Waals surface area contributed by atoms with Gasteiger partial charge < -0.3 is 9.73 Å². The van der Waals surface area contributed by atoms with Crippen LogP contribution < -0.4 is 5.32 Å². The van der Waals surface area contributed by atoms with Crippen molar-refractivity contribution in [1.29, 1.82) is 0 Å². The molecule has 4 rings (SSSR count). The summed E-state index contributed by atoms with van der Waals surface area (Å²) in [6.45, 7) is 0.475. The third kappa shape index (κ3) is 4.88. The quantitative estimate of drug-likeness (QED) is 0.424. The smallest absolute Gasteiger partial charge is 0.234 e. The number of nitrogens with zero attached hydrogens (tertiary/aromatic N) is 3. The lowest BCUT2D eigenvalue weighted by Gasteiger charge is -2.09. The monoisotopic (exact) mass is 424 g/mol. The van der Waals surface area contributed by atoms with Crippen LogP contribution in [0.5, 0.6) is 0 Å². The van der Waals surface area contributed by atoms with Crippen LogP contribution in [0, 0.1) is 0 Å². The SMILES string of the molecule is O=C(CSc1nnc(-c2ccccc2)n1Cc1ccco1)Nc1cccc(Cl)c1. The summed E-state index contributed by atoms with van der Waals surface area (Å²) in [6.07, 6.45) is 1.63. The minimum Gasteiger partial charge on any atom is -0.467 e. The molecule has 0 spiro atoms. The van der Waals surface area contributed by atoms with Crippen LogP contribution in [0.3, 0.4) is 0 Å². The molecular formula is C21H17ClN4O2S. The summed E-state index contributed by atoms with van der Waals surface area (Å²) >= 11 is 7.28. The standard InChI is InChI=1S/C21H17ClN4O2S/c22-16-8-4-9-17(12-16)23-19(27)14-29-21-25-24-20(15-6-2-1-3-7-15)26(21)13-18-10-5-11-28-18/h1-12H,13-14H2,(H,23,27). The van der Waals surface area contributed by atoms with Crippen LogP contribution in [-0.2, 0) is 11.3 Å². The molecular weight excluding hydrogens is 408 g/mol. The molecule has 6 nitrogen and oxygen atoms in total. The summed E-state index contributed by atoms with van der Waals surface area (Å²) in [5.41, 5.74) is 1.60. The van der Waals surface area contributed by atoms with Gasteiger partial charge in [-0.25, -0.2) is 0 Å². The molecule has 0 radical (unpaired) electrons. The van der Waals surface area contributed by atoms with Gasteiger partial charge in [-0.2, -0.15) is 0 Å². The number of benzene rings is 2. The number of halogens is 1. The maximum absolute atomic E-state index is 12.4. The molecule has 2 heterocycles. The van der Waals surface area contributed by atoms with Gasteiger partial charge in [0.15, 0.2) is 11.0 Å². The Balaban J connectivity index is 1.52. The van der Waals surface area contributed by atoms with Crippen LogP contribution in [0.4, 0.5) is 5.69 Å². The van der Waals surface area contributed by atoms with E-state index in [1.165, 1.54) is 11.8 Å². The summed E-state index contributed by atoms with van der Waals surface area (Å²) in [6, 6.07) is 20.6.